The highest BCUT2D eigenvalue weighted by Gasteiger charge is 2.28. The smallest absolute Gasteiger partial charge is 0.212 e. The molecule has 0 amide bonds. The number of alkyl halides is 2. The first-order valence-electron chi connectivity index (χ1n) is 4.50. The molecule has 0 aliphatic rings. The number of halogens is 3. The summed E-state index contributed by atoms with van der Waals surface area (Å²) in [5, 5.41) is 0. The summed E-state index contributed by atoms with van der Waals surface area (Å²) in [5.74, 6) is -4.34. The summed E-state index contributed by atoms with van der Waals surface area (Å²) < 4.78 is 38.8. The number of hydrogen-bond acceptors (Lipinski definition) is 0. The van der Waals surface area contributed by atoms with Gasteiger partial charge in [-0.3, -0.25) is 0 Å². The number of rotatable bonds is 4. The normalized spacial score (nSPS) is 14.4. The van der Waals surface area contributed by atoms with E-state index in [1.54, 1.807) is 27.7 Å². The van der Waals surface area contributed by atoms with E-state index in [4.69, 9.17) is 0 Å². The lowest BCUT2D eigenvalue weighted by molar-refractivity contribution is 0.0298. The molecule has 0 aromatic carbocycles. The van der Waals surface area contributed by atoms with Crippen molar-refractivity contribution >= 4 is 0 Å². The maximum absolute atomic E-state index is 13.0. The van der Waals surface area contributed by atoms with Crippen molar-refractivity contribution in [1.29, 1.82) is 0 Å². The topological polar surface area (TPSA) is 0 Å². The van der Waals surface area contributed by atoms with Gasteiger partial charge in [0.1, 0.15) is 5.83 Å². The van der Waals surface area contributed by atoms with Crippen LogP contribution < -0.4 is 0 Å². The number of allylic oxidation sites excluding steroid dienone is 2. The Morgan fingerprint density at radius 2 is 1.69 bits per heavy atom. The highest BCUT2D eigenvalue weighted by molar-refractivity contribution is 5.03. The quantitative estimate of drug-likeness (QED) is 0.629. The van der Waals surface area contributed by atoms with Gasteiger partial charge in [0.25, 0.3) is 5.92 Å². The molecule has 3 heteroatoms. The van der Waals surface area contributed by atoms with Crippen LogP contribution in [0.15, 0.2) is 11.9 Å². The molecule has 0 aliphatic carbocycles. The van der Waals surface area contributed by atoms with Gasteiger partial charge >= 0.3 is 0 Å². The van der Waals surface area contributed by atoms with E-state index in [1.165, 1.54) is 0 Å². The van der Waals surface area contributed by atoms with E-state index >= 15 is 0 Å². The molecule has 13 heavy (non-hydrogen) atoms. The standard InChI is InChI=1S/C10H17F3/c1-7(2)5-10(12,13)6-9(11)8(3)4/h6-8H,5H2,1-4H3. The van der Waals surface area contributed by atoms with Crippen LogP contribution in [-0.2, 0) is 0 Å². The van der Waals surface area contributed by atoms with Gasteiger partial charge in [0.05, 0.1) is 0 Å². The highest BCUT2D eigenvalue weighted by atomic mass is 19.3. The maximum atomic E-state index is 13.0. The van der Waals surface area contributed by atoms with Gasteiger partial charge < -0.3 is 0 Å². The lowest BCUT2D eigenvalue weighted by atomic mass is 10.0. The van der Waals surface area contributed by atoms with Crippen LogP contribution in [0.2, 0.25) is 0 Å². The molecule has 0 saturated heterocycles. The Morgan fingerprint density at radius 3 is 2.00 bits per heavy atom. The molecular weight excluding hydrogens is 177 g/mol. The third-order valence-corrected chi connectivity index (χ3v) is 1.58. The molecular formula is C10H17F3. The summed E-state index contributed by atoms with van der Waals surface area (Å²) in [6.45, 7) is 6.48. The predicted octanol–water partition coefficient (Wildman–Crippen LogP) is 4.18. The molecule has 0 saturated carbocycles. The maximum Gasteiger partial charge on any atom is 0.269 e. The monoisotopic (exact) mass is 194 g/mol. The van der Waals surface area contributed by atoms with E-state index in [0.29, 0.717) is 6.08 Å². The van der Waals surface area contributed by atoms with Gasteiger partial charge in [-0.2, -0.15) is 0 Å². The van der Waals surface area contributed by atoms with Crippen molar-refractivity contribution in [2.45, 2.75) is 40.0 Å². The molecule has 0 rings (SSSR count). The first kappa shape index (κ1) is 12.5. The van der Waals surface area contributed by atoms with E-state index < -0.39 is 17.7 Å². The fourth-order valence-electron chi connectivity index (χ4n) is 0.972. The Morgan fingerprint density at radius 1 is 1.23 bits per heavy atom. The first-order valence-corrected chi connectivity index (χ1v) is 4.50. The van der Waals surface area contributed by atoms with Crippen LogP contribution >= 0.6 is 0 Å². The first-order chi connectivity index (χ1) is 5.74. The van der Waals surface area contributed by atoms with E-state index in [0.717, 1.165) is 0 Å². The second-order valence-corrected chi connectivity index (χ2v) is 4.04. The minimum atomic E-state index is -3.01. The lowest BCUT2D eigenvalue weighted by Crippen LogP contribution is -2.16. The zero-order chi connectivity index (χ0) is 10.6. The van der Waals surface area contributed by atoms with Crippen LogP contribution in [0.5, 0.6) is 0 Å². The molecule has 0 nitrogen and oxygen atoms in total. The van der Waals surface area contributed by atoms with E-state index in [1.807, 2.05) is 0 Å². The van der Waals surface area contributed by atoms with Crippen molar-refractivity contribution in [1.82, 2.24) is 0 Å². The Kier molecular flexibility index (Phi) is 4.51. The zero-order valence-electron chi connectivity index (χ0n) is 8.57. The molecule has 0 bridgehead atoms. The molecule has 0 spiro atoms. The largest absolute Gasteiger partial charge is 0.269 e. The third-order valence-electron chi connectivity index (χ3n) is 1.58. The van der Waals surface area contributed by atoms with Gasteiger partial charge in [0.2, 0.25) is 0 Å². The Bertz CT molecular complexity index is 181. The molecule has 0 heterocycles. The summed E-state index contributed by atoms with van der Waals surface area (Å²) in [4.78, 5) is 0. The Balaban J connectivity index is 4.38. The van der Waals surface area contributed by atoms with E-state index in [9.17, 15) is 13.2 Å². The molecule has 0 aliphatic heterocycles. The molecule has 0 atom stereocenters. The fourth-order valence-corrected chi connectivity index (χ4v) is 0.972. The van der Waals surface area contributed by atoms with Crippen LogP contribution in [-0.4, -0.2) is 5.92 Å². The molecule has 0 N–H and O–H groups in total. The fraction of sp³-hybridized carbons (Fsp3) is 0.800. The molecule has 0 radical (unpaired) electrons. The second-order valence-electron chi connectivity index (χ2n) is 4.04. The average molecular weight is 194 g/mol. The predicted molar refractivity (Wildman–Crippen MR) is 48.4 cm³/mol. The van der Waals surface area contributed by atoms with Gasteiger partial charge in [-0.15, -0.1) is 0 Å². The summed E-state index contributed by atoms with van der Waals surface area (Å²) in [7, 11) is 0. The van der Waals surface area contributed by atoms with Crippen molar-refractivity contribution in [3.05, 3.63) is 11.9 Å². The van der Waals surface area contributed by atoms with Crippen LogP contribution in [0.4, 0.5) is 13.2 Å². The van der Waals surface area contributed by atoms with Crippen molar-refractivity contribution in [3.63, 3.8) is 0 Å². The van der Waals surface area contributed by atoms with Gasteiger partial charge in [0, 0.05) is 18.4 Å². The number of hydrogen-bond donors (Lipinski definition) is 0. The van der Waals surface area contributed by atoms with Crippen molar-refractivity contribution in [2.24, 2.45) is 11.8 Å². The molecule has 0 fully saturated rings. The van der Waals surface area contributed by atoms with Crippen LogP contribution in [0.3, 0.4) is 0 Å². The summed E-state index contributed by atoms with van der Waals surface area (Å²) in [6, 6.07) is 0. The van der Waals surface area contributed by atoms with E-state index in [2.05, 4.69) is 0 Å². The molecule has 0 unspecified atom stereocenters. The van der Waals surface area contributed by atoms with E-state index in [-0.39, 0.29) is 12.3 Å². The van der Waals surface area contributed by atoms with Crippen LogP contribution in [0.25, 0.3) is 0 Å². The Hall–Kier alpha value is -0.470. The average Bonchev–Trinajstić information content (AvgIpc) is 1.81. The summed E-state index contributed by atoms with van der Waals surface area (Å²) in [5.41, 5.74) is 0. The van der Waals surface area contributed by atoms with Crippen molar-refractivity contribution in [3.8, 4) is 0 Å². The zero-order valence-corrected chi connectivity index (χ0v) is 8.57. The van der Waals surface area contributed by atoms with Gasteiger partial charge in [-0.1, -0.05) is 27.7 Å². The van der Waals surface area contributed by atoms with Gasteiger partial charge in [0.15, 0.2) is 0 Å². The minimum Gasteiger partial charge on any atom is -0.212 e. The van der Waals surface area contributed by atoms with Crippen molar-refractivity contribution in [2.75, 3.05) is 0 Å². The van der Waals surface area contributed by atoms with Gasteiger partial charge in [-0.25, -0.2) is 13.2 Å². The van der Waals surface area contributed by atoms with Gasteiger partial charge in [-0.05, 0) is 5.92 Å². The second kappa shape index (κ2) is 4.68. The third kappa shape index (κ3) is 5.72. The summed E-state index contributed by atoms with van der Waals surface area (Å²) >= 11 is 0. The Labute approximate surface area is 77.8 Å². The van der Waals surface area contributed by atoms with Crippen molar-refractivity contribution < 1.29 is 13.2 Å². The summed E-state index contributed by atoms with van der Waals surface area (Å²) in [6.07, 6.45) is 0.144. The minimum absolute atomic E-state index is 0.133. The SMILES string of the molecule is CC(C)CC(F)(F)C=C(F)C(C)C. The van der Waals surface area contributed by atoms with Crippen LogP contribution in [0.1, 0.15) is 34.1 Å². The molecule has 78 valence electrons. The lowest BCUT2D eigenvalue weighted by Gasteiger charge is -2.15. The van der Waals surface area contributed by atoms with Crippen LogP contribution in [0, 0.1) is 11.8 Å². The molecule has 0 aromatic rings. The molecule has 0 aromatic heterocycles. The highest BCUT2D eigenvalue weighted by Crippen LogP contribution is 2.28.